The van der Waals surface area contributed by atoms with E-state index in [9.17, 15) is 9.90 Å². The molecule has 0 aliphatic carbocycles. The molecule has 0 aromatic heterocycles. The van der Waals surface area contributed by atoms with Gasteiger partial charge in [-0.05, 0) is 32.7 Å². The fraction of sp³-hybridized carbons (Fsp3) is 0.750. The maximum atomic E-state index is 11.5. The molecule has 0 bridgehead atoms. The molecule has 2 N–H and O–H groups in total. The second-order valence-corrected chi connectivity index (χ2v) is 4.72. The molecule has 0 aromatic rings. The number of nitrogens with zero attached hydrogens (tertiary/aromatic N) is 1. The zero-order chi connectivity index (χ0) is 12.0. The smallest absolute Gasteiger partial charge is 0.234 e. The van der Waals surface area contributed by atoms with Gasteiger partial charge in [-0.2, -0.15) is 0 Å². The molecule has 1 amide bonds. The van der Waals surface area contributed by atoms with Gasteiger partial charge >= 0.3 is 0 Å². The molecule has 4 nitrogen and oxygen atoms in total. The van der Waals surface area contributed by atoms with Crippen molar-refractivity contribution in [1.82, 2.24) is 10.2 Å². The molecule has 1 fully saturated rings. The maximum Gasteiger partial charge on any atom is 0.234 e. The van der Waals surface area contributed by atoms with Crippen LogP contribution in [0.4, 0.5) is 0 Å². The summed E-state index contributed by atoms with van der Waals surface area (Å²) in [5, 5.41) is 12.7. The van der Waals surface area contributed by atoms with Crippen LogP contribution in [0.15, 0.2) is 12.7 Å². The van der Waals surface area contributed by atoms with E-state index in [2.05, 4.69) is 16.8 Å². The average Bonchev–Trinajstić information content (AvgIpc) is 2.37. The monoisotopic (exact) mass is 226 g/mol. The van der Waals surface area contributed by atoms with Gasteiger partial charge in [-0.3, -0.25) is 9.69 Å². The Hall–Kier alpha value is -0.870. The van der Waals surface area contributed by atoms with Crippen molar-refractivity contribution in [2.24, 2.45) is 0 Å². The van der Waals surface area contributed by atoms with E-state index in [1.807, 2.05) is 6.92 Å². The molecule has 0 aromatic carbocycles. The lowest BCUT2D eigenvalue weighted by molar-refractivity contribution is -0.122. The Morgan fingerprint density at radius 1 is 1.56 bits per heavy atom. The summed E-state index contributed by atoms with van der Waals surface area (Å²) in [4.78, 5) is 13.6. The number of rotatable bonds is 4. The molecular weight excluding hydrogens is 204 g/mol. The second-order valence-electron chi connectivity index (χ2n) is 4.72. The van der Waals surface area contributed by atoms with Crippen molar-refractivity contribution >= 4 is 5.91 Å². The molecule has 1 aliphatic rings. The van der Waals surface area contributed by atoms with Gasteiger partial charge in [-0.1, -0.05) is 6.08 Å². The first kappa shape index (κ1) is 13.2. The Labute approximate surface area is 97.3 Å². The van der Waals surface area contributed by atoms with Crippen LogP contribution in [0.5, 0.6) is 0 Å². The SMILES string of the molecule is C=CCNC(=O)CN1CCCC(C)(O)CC1. The van der Waals surface area contributed by atoms with E-state index in [4.69, 9.17) is 0 Å². The second kappa shape index (κ2) is 6.01. The molecule has 92 valence electrons. The lowest BCUT2D eigenvalue weighted by Crippen LogP contribution is -2.38. The molecule has 1 unspecified atom stereocenters. The Morgan fingerprint density at radius 3 is 3.00 bits per heavy atom. The minimum Gasteiger partial charge on any atom is -0.390 e. The number of nitrogens with one attached hydrogen (secondary N) is 1. The topological polar surface area (TPSA) is 52.6 Å². The Balaban J connectivity index is 2.32. The summed E-state index contributed by atoms with van der Waals surface area (Å²) in [5.74, 6) is 0.0291. The van der Waals surface area contributed by atoms with E-state index in [1.165, 1.54) is 0 Å². The van der Waals surface area contributed by atoms with Crippen molar-refractivity contribution in [2.75, 3.05) is 26.2 Å². The van der Waals surface area contributed by atoms with E-state index in [0.717, 1.165) is 32.4 Å². The Kier molecular flexibility index (Phi) is 4.96. The molecule has 1 saturated heterocycles. The molecule has 0 saturated carbocycles. The molecule has 4 heteroatoms. The number of carbonyl (C=O) groups excluding carboxylic acids is 1. The third kappa shape index (κ3) is 4.77. The van der Waals surface area contributed by atoms with Crippen LogP contribution in [-0.2, 0) is 4.79 Å². The van der Waals surface area contributed by atoms with E-state index < -0.39 is 5.60 Å². The summed E-state index contributed by atoms with van der Waals surface area (Å²) in [6.45, 7) is 8.03. The van der Waals surface area contributed by atoms with Gasteiger partial charge in [-0.25, -0.2) is 0 Å². The van der Waals surface area contributed by atoms with Gasteiger partial charge in [0.2, 0.25) is 5.91 Å². The van der Waals surface area contributed by atoms with Gasteiger partial charge in [0.1, 0.15) is 0 Å². The van der Waals surface area contributed by atoms with Crippen molar-refractivity contribution in [2.45, 2.75) is 31.8 Å². The minimum absolute atomic E-state index is 0.0291. The summed E-state index contributed by atoms with van der Waals surface area (Å²) in [5.41, 5.74) is -0.563. The van der Waals surface area contributed by atoms with Gasteiger partial charge in [-0.15, -0.1) is 6.58 Å². The summed E-state index contributed by atoms with van der Waals surface area (Å²) in [6.07, 6.45) is 4.17. The number of aliphatic hydroxyl groups is 1. The van der Waals surface area contributed by atoms with Crippen LogP contribution in [0.3, 0.4) is 0 Å². The third-order valence-corrected chi connectivity index (χ3v) is 2.97. The highest BCUT2D eigenvalue weighted by Crippen LogP contribution is 2.20. The van der Waals surface area contributed by atoms with Gasteiger partial charge in [0.05, 0.1) is 12.1 Å². The van der Waals surface area contributed by atoms with Crippen molar-refractivity contribution in [1.29, 1.82) is 0 Å². The fourth-order valence-electron chi connectivity index (χ4n) is 1.92. The highest BCUT2D eigenvalue weighted by Gasteiger charge is 2.25. The quantitative estimate of drug-likeness (QED) is 0.687. The van der Waals surface area contributed by atoms with Crippen LogP contribution in [0, 0.1) is 0 Å². The maximum absolute atomic E-state index is 11.5. The summed E-state index contributed by atoms with van der Waals surface area (Å²) >= 11 is 0. The van der Waals surface area contributed by atoms with Crippen molar-refractivity contribution in [3.63, 3.8) is 0 Å². The van der Waals surface area contributed by atoms with Crippen LogP contribution < -0.4 is 5.32 Å². The Bertz CT molecular complexity index is 251. The fourth-order valence-corrected chi connectivity index (χ4v) is 1.92. The number of amides is 1. The molecule has 1 rings (SSSR count). The molecule has 1 atom stereocenters. The van der Waals surface area contributed by atoms with Crippen molar-refractivity contribution in [3.05, 3.63) is 12.7 Å². The molecule has 0 radical (unpaired) electrons. The molecule has 16 heavy (non-hydrogen) atoms. The van der Waals surface area contributed by atoms with Crippen LogP contribution in [-0.4, -0.2) is 47.7 Å². The van der Waals surface area contributed by atoms with Gasteiger partial charge < -0.3 is 10.4 Å². The van der Waals surface area contributed by atoms with E-state index in [-0.39, 0.29) is 5.91 Å². The molecular formula is C12H22N2O2. The van der Waals surface area contributed by atoms with E-state index >= 15 is 0 Å². The standard InChI is InChI=1S/C12H22N2O2/c1-3-7-13-11(15)10-14-8-4-5-12(2,16)6-9-14/h3,16H,1,4-10H2,2H3,(H,13,15). The molecule has 1 heterocycles. The number of carbonyl (C=O) groups is 1. The van der Waals surface area contributed by atoms with Gasteiger partial charge in [0.25, 0.3) is 0 Å². The van der Waals surface area contributed by atoms with Gasteiger partial charge in [0.15, 0.2) is 0 Å². The number of likely N-dealkylation sites (tertiary alicyclic amines) is 1. The first-order valence-corrected chi connectivity index (χ1v) is 5.86. The van der Waals surface area contributed by atoms with E-state index in [1.54, 1.807) is 6.08 Å². The van der Waals surface area contributed by atoms with Crippen LogP contribution >= 0.6 is 0 Å². The first-order valence-electron chi connectivity index (χ1n) is 5.86. The normalized spacial score (nSPS) is 27.1. The van der Waals surface area contributed by atoms with E-state index in [0.29, 0.717) is 13.1 Å². The highest BCUT2D eigenvalue weighted by molar-refractivity contribution is 5.78. The van der Waals surface area contributed by atoms with Crippen LogP contribution in [0.25, 0.3) is 0 Å². The van der Waals surface area contributed by atoms with Crippen molar-refractivity contribution < 1.29 is 9.90 Å². The Morgan fingerprint density at radius 2 is 2.31 bits per heavy atom. The highest BCUT2D eigenvalue weighted by atomic mass is 16.3. The largest absolute Gasteiger partial charge is 0.390 e. The first-order chi connectivity index (χ1) is 7.53. The van der Waals surface area contributed by atoms with Crippen LogP contribution in [0.2, 0.25) is 0 Å². The molecule has 0 spiro atoms. The lowest BCUT2D eigenvalue weighted by atomic mass is 9.98. The predicted octanol–water partition coefficient (Wildman–Crippen LogP) is 0.525. The average molecular weight is 226 g/mol. The lowest BCUT2D eigenvalue weighted by Gasteiger charge is -2.21. The number of hydrogen-bond donors (Lipinski definition) is 2. The zero-order valence-corrected chi connectivity index (χ0v) is 10.0. The minimum atomic E-state index is -0.563. The predicted molar refractivity (Wildman–Crippen MR) is 64.1 cm³/mol. The third-order valence-electron chi connectivity index (χ3n) is 2.97. The van der Waals surface area contributed by atoms with Crippen LogP contribution in [0.1, 0.15) is 26.2 Å². The molecule has 1 aliphatic heterocycles. The van der Waals surface area contributed by atoms with Crippen molar-refractivity contribution in [3.8, 4) is 0 Å². The number of hydrogen-bond acceptors (Lipinski definition) is 3. The summed E-state index contributed by atoms with van der Waals surface area (Å²) in [7, 11) is 0. The summed E-state index contributed by atoms with van der Waals surface area (Å²) < 4.78 is 0. The zero-order valence-electron chi connectivity index (χ0n) is 10.0. The van der Waals surface area contributed by atoms with Gasteiger partial charge in [0, 0.05) is 13.1 Å². The summed E-state index contributed by atoms with van der Waals surface area (Å²) in [6, 6.07) is 0.